The number of halogens is 1. The van der Waals surface area contributed by atoms with Gasteiger partial charge in [-0.3, -0.25) is 4.79 Å². The molecule has 30 heavy (non-hydrogen) atoms. The number of benzene rings is 2. The van der Waals surface area contributed by atoms with E-state index in [1.807, 2.05) is 0 Å². The molecule has 2 aromatic carbocycles. The van der Waals surface area contributed by atoms with Crippen LogP contribution >= 0.6 is 11.6 Å². The first-order valence-electron chi connectivity index (χ1n) is 11.3. The standard InChI is InChI=1S/C26H37ClO2Si/c1-26(2,3)30(23-17-11-9-12-18-23,24-19-13-10-14-20-24)29-22-16-8-6-4-5-7-15-21-25(27)28/h9-14,17-20H,4-8,15-16,21-22H2,1-3H3. The van der Waals surface area contributed by atoms with Crippen LogP contribution < -0.4 is 10.4 Å². The third kappa shape index (κ3) is 7.07. The van der Waals surface area contributed by atoms with Gasteiger partial charge in [-0.25, -0.2) is 0 Å². The number of unbranched alkanes of at least 4 members (excludes halogenated alkanes) is 6. The van der Waals surface area contributed by atoms with Crippen molar-refractivity contribution in [2.24, 2.45) is 0 Å². The minimum Gasteiger partial charge on any atom is -0.407 e. The highest BCUT2D eigenvalue weighted by Crippen LogP contribution is 2.36. The molecule has 0 N–H and O–H groups in total. The van der Waals surface area contributed by atoms with Crippen LogP contribution in [-0.4, -0.2) is 20.2 Å². The van der Waals surface area contributed by atoms with E-state index in [0.29, 0.717) is 6.42 Å². The minimum absolute atomic E-state index is 0.0373. The van der Waals surface area contributed by atoms with Crippen molar-refractivity contribution in [3.63, 3.8) is 0 Å². The van der Waals surface area contributed by atoms with E-state index in [9.17, 15) is 4.79 Å². The van der Waals surface area contributed by atoms with Crippen LogP contribution in [0.1, 0.15) is 72.1 Å². The molecule has 0 saturated carbocycles. The van der Waals surface area contributed by atoms with Gasteiger partial charge in [0.15, 0.2) is 0 Å². The topological polar surface area (TPSA) is 26.3 Å². The van der Waals surface area contributed by atoms with Gasteiger partial charge in [-0.2, -0.15) is 0 Å². The molecule has 0 unspecified atom stereocenters. The fourth-order valence-electron chi connectivity index (χ4n) is 4.24. The van der Waals surface area contributed by atoms with Gasteiger partial charge in [0.25, 0.3) is 8.32 Å². The van der Waals surface area contributed by atoms with Crippen molar-refractivity contribution in [3.8, 4) is 0 Å². The van der Waals surface area contributed by atoms with Crippen molar-refractivity contribution in [2.45, 2.75) is 77.2 Å². The molecule has 0 amide bonds. The third-order valence-electron chi connectivity index (χ3n) is 5.75. The molecule has 0 radical (unpaired) electrons. The van der Waals surface area contributed by atoms with Gasteiger partial charge in [-0.1, -0.05) is 114 Å². The van der Waals surface area contributed by atoms with Crippen molar-refractivity contribution >= 4 is 35.5 Å². The van der Waals surface area contributed by atoms with E-state index < -0.39 is 8.32 Å². The monoisotopic (exact) mass is 444 g/mol. The Morgan fingerprint density at radius 1 is 0.767 bits per heavy atom. The largest absolute Gasteiger partial charge is 0.407 e. The summed E-state index contributed by atoms with van der Waals surface area (Å²) in [5, 5.41) is 2.51. The summed E-state index contributed by atoms with van der Waals surface area (Å²) in [4.78, 5) is 10.8. The molecule has 0 bridgehead atoms. The molecular weight excluding hydrogens is 408 g/mol. The molecule has 0 aliphatic rings. The predicted molar refractivity (Wildman–Crippen MR) is 131 cm³/mol. The zero-order valence-corrected chi connectivity index (χ0v) is 20.6. The Kier molecular flexibility index (Phi) is 10.3. The van der Waals surface area contributed by atoms with Crippen molar-refractivity contribution in [1.29, 1.82) is 0 Å². The first kappa shape index (κ1) is 24.8. The summed E-state index contributed by atoms with van der Waals surface area (Å²) < 4.78 is 6.92. The molecule has 164 valence electrons. The van der Waals surface area contributed by atoms with E-state index in [-0.39, 0.29) is 10.3 Å². The average molecular weight is 445 g/mol. The highest BCUT2D eigenvalue weighted by molar-refractivity contribution is 6.99. The van der Waals surface area contributed by atoms with Crippen LogP contribution in [0.25, 0.3) is 0 Å². The van der Waals surface area contributed by atoms with Crippen molar-refractivity contribution in [2.75, 3.05) is 6.61 Å². The number of carbonyl (C=O) groups is 1. The maximum Gasteiger partial charge on any atom is 0.261 e. The molecule has 0 aromatic heterocycles. The maximum atomic E-state index is 10.8. The summed E-state index contributed by atoms with van der Waals surface area (Å²) in [6.07, 6.45) is 8.41. The van der Waals surface area contributed by atoms with Crippen LogP contribution in [0.4, 0.5) is 0 Å². The van der Waals surface area contributed by atoms with E-state index in [4.69, 9.17) is 16.0 Å². The summed E-state index contributed by atoms with van der Waals surface area (Å²) >= 11 is 5.38. The molecule has 0 spiro atoms. The summed E-state index contributed by atoms with van der Waals surface area (Å²) in [5.41, 5.74) is 0. The molecule has 0 atom stereocenters. The number of carbonyl (C=O) groups excluding carboxylic acids is 1. The van der Waals surface area contributed by atoms with Crippen LogP contribution in [0.15, 0.2) is 60.7 Å². The van der Waals surface area contributed by atoms with E-state index in [1.165, 1.54) is 36.1 Å². The molecule has 0 aliphatic heterocycles. The second-order valence-electron chi connectivity index (χ2n) is 9.09. The van der Waals surface area contributed by atoms with Gasteiger partial charge < -0.3 is 4.43 Å². The van der Waals surface area contributed by atoms with Gasteiger partial charge in [0.1, 0.15) is 0 Å². The van der Waals surface area contributed by atoms with E-state index in [0.717, 1.165) is 25.9 Å². The van der Waals surface area contributed by atoms with Crippen LogP contribution in [-0.2, 0) is 9.22 Å². The lowest BCUT2D eigenvalue weighted by Crippen LogP contribution is -2.66. The Morgan fingerprint density at radius 3 is 1.63 bits per heavy atom. The maximum absolute atomic E-state index is 10.8. The Hall–Kier alpha value is -1.42. The molecule has 0 aliphatic carbocycles. The van der Waals surface area contributed by atoms with Crippen LogP contribution in [0.2, 0.25) is 5.04 Å². The van der Waals surface area contributed by atoms with E-state index in [1.54, 1.807) is 0 Å². The smallest absolute Gasteiger partial charge is 0.261 e. The lowest BCUT2D eigenvalue weighted by atomic mass is 10.1. The number of hydrogen-bond acceptors (Lipinski definition) is 2. The molecule has 2 rings (SSSR count). The van der Waals surface area contributed by atoms with Crippen molar-refractivity contribution in [3.05, 3.63) is 60.7 Å². The van der Waals surface area contributed by atoms with Crippen LogP contribution in [0.3, 0.4) is 0 Å². The first-order valence-corrected chi connectivity index (χ1v) is 13.6. The quantitative estimate of drug-likeness (QED) is 0.201. The molecule has 0 heterocycles. The lowest BCUT2D eigenvalue weighted by molar-refractivity contribution is -0.111. The Bertz CT molecular complexity index is 701. The summed E-state index contributed by atoms with van der Waals surface area (Å²) in [6.45, 7) is 7.77. The predicted octanol–water partition coefficient (Wildman–Crippen LogP) is 6.45. The van der Waals surface area contributed by atoms with Gasteiger partial charge in [0, 0.05) is 13.0 Å². The molecule has 2 aromatic rings. The van der Waals surface area contributed by atoms with Crippen LogP contribution in [0.5, 0.6) is 0 Å². The average Bonchev–Trinajstić information content (AvgIpc) is 2.72. The minimum atomic E-state index is -2.39. The highest BCUT2D eigenvalue weighted by Gasteiger charge is 2.49. The van der Waals surface area contributed by atoms with Gasteiger partial charge in [-0.15, -0.1) is 0 Å². The van der Waals surface area contributed by atoms with Gasteiger partial charge in [0.05, 0.1) is 0 Å². The first-order chi connectivity index (χ1) is 14.4. The van der Waals surface area contributed by atoms with E-state index in [2.05, 4.69) is 81.4 Å². The molecular formula is C26H37ClO2Si. The summed E-state index contributed by atoms with van der Waals surface area (Å²) in [7, 11) is -2.39. The zero-order valence-electron chi connectivity index (χ0n) is 18.8. The number of hydrogen-bond donors (Lipinski definition) is 0. The van der Waals surface area contributed by atoms with Crippen molar-refractivity contribution < 1.29 is 9.22 Å². The molecule has 4 heteroatoms. The fourth-order valence-corrected chi connectivity index (χ4v) is 8.98. The zero-order chi connectivity index (χ0) is 21.9. The summed E-state index contributed by atoms with van der Waals surface area (Å²) in [5.74, 6) is 0. The van der Waals surface area contributed by atoms with Gasteiger partial charge >= 0.3 is 0 Å². The Labute approximate surface area is 189 Å². The Morgan fingerprint density at radius 2 is 1.20 bits per heavy atom. The molecule has 0 fully saturated rings. The summed E-state index contributed by atoms with van der Waals surface area (Å²) in [6, 6.07) is 21.7. The normalized spacial score (nSPS) is 12.1. The molecule has 2 nitrogen and oxygen atoms in total. The fraction of sp³-hybridized carbons (Fsp3) is 0.500. The van der Waals surface area contributed by atoms with E-state index >= 15 is 0 Å². The van der Waals surface area contributed by atoms with Gasteiger partial charge in [0.2, 0.25) is 5.24 Å². The second kappa shape index (κ2) is 12.4. The van der Waals surface area contributed by atoms with Crippen molar-refractivity contribution in [1.82, 2.24) is 0 Å². The molecule has 0 saturated heterocycles. The third-order valence-corrected chi connectivity index (χ3v) is 11.0. The second-order valence-corrected chi connectivity index (χ2v) is 13.8. The Balaban J connectivity index is 1.96. The number of rotatable bonds is 13. The van der Waals surface area contributed by atoms with Gasteiger partial charge in [-0.05, 0) is 39.9 Å². The SMILES string of the molecule is CC(C)(C)[Si](OCCCCCCCCCC(=O)Cl)(c1ccccc1)c1ccccc1. The van der Waals surface area contributed by atoms with Crippen LogP contribution in [0, 0.1) is 0 Å². The highest BCUT2D eigenvalue weighted by atomic mass is 35.5. The lowest BCUT2D eigenvalue weighted by Gasteiger charge is -2.43.